The number of rotatable bonds is 11. The number of piperazine rings is 1. The number of hydrogen-bond acceptors (Lipinski definition) is 6. The van der Waals surface area contributed by atoms with Crippen LogP contribution in [-0.4, -0.2) is 78.3 Å². The van der Waals surface area contributed by atoms with Crippen molar-refractivity contribution in [2.75, 3.05) is 24.4 Å². The molecule has 2 aliphatic heterocycles. The monoisotopic (exact) mass is 653 g/mol. The Morgan fingerprint density at radius 3 is 2.40 bits per heavy atom. The van der Waals surface area contributed by atoms with Crippen LogP contribution in [0.2, 0.25) is 0 Å². The number of hydrazine groups is 1. The molecule has 0 spiro atoms. The van der Waals surface area contributed by atoms with Crippen LogP contribution < -0.4 is 10.0 Å². The molecule has 0 aliphatic carbocycles. The summed E-state index contributed by atoms with van der Waals surface area (Å²) < 4.78 is 24.5. The predicted molar refractivity (Wildman–Crippen MR) is 179 cm³/mol. The summed E-state index contributed by atoms with van der Waals surface area (Å²) in [5, 5.41) is 8.54. The van der Waals surface area contributed by atoms with Gasteiger partial charge in [0.05, 0.1) is 13.1 Å². The second kappa shape index (κ2) is 14.3. The van der Waals surface area contributed by atoms with Gasteiger partial charge in [0.25, 0.3) is 0 Å². The Balaban J connectivity index is 1.31. The molecule has 4 aromatic rings. The molecular weight excluding hydrogens is 616 g/mol. The van der Waals surface area contributed by atoms with Crippen LogP contribution in [0.15, 0.2) is 97.1 Å². The van der Waals surface area contributed by atoms with Crippen molar-refractivity contribution in [3.63, 3.8) is 0 Å². The molecule has 2 fully saturated rings. The van der Waals surface area contributed by atoms with Crippen LogP contribution in [0, 0.1) is 0 Å². The van der Waals surface area contributed by atoms with Gasteiger partial charge in [0, 0.05) is 43.0 Å². The molecule has 244 valence electrons. The average Bonchev–Trinajstić information content (AvgIpc) is 3.40. The van der Waals surface area contributed by atoms with Gasteiger partial charge < -0.3 is 24.4 Å². The highest BCUT2D eigenvalue weighted by atomic mass is 32.2. The van der Waals surface area contributed by atoms with E-state index in [-0.39, 0.29) is 37.4 Å². The fourth-order valence-electron chi connectivity index (χ4n) is 6.48. The number of nitrogens with one attached hydrogen (secondary N) is 2. The normalized spacial score (nSPS) is 18.7. The zero-order valence-corrected chi connectivity index (χ0v) is 26.9. The molecule has 4 amide bonds. The average molecular weight is 654 g/mol. The molecule has 2 heterocycles. The largest absolute Gasteiger partial charge is 0.755 e. The van der Waals surface area contributed by atoms with Gasteiger partial charge in [0.2, 0.25) is 11.8 Å². The third-order valence-corrected chi connectivity index (χ3v) is 9.06. The van der Waals surface area contributed by atoms with Gasteiger partial charge in [-0.05, 0) is 46.0 Å². The van der Waals surface area contributed by atoms with E-state index in [1.807, 2.05) is 79.7 Å². The molecule has 2 saturated heterocycles. The van der Waals surface area contributed by atoms with Crippen LogP contribution in [0.5, 0.6) is 0 Å². The lowest BCUT2D eigenvalue weighted by Gasteiger charge is -2.46. The van der Waals surface area contributed by atoms with Crippen LogP contribution in [0.1, 0.15) is 30.0 Å². The van der Waals surface area contributed by atoms with Crippen LogP contribution >= 0.6 is 0 Å². The van der Waals surface area contributed by atoms with E-state index in [9.17, 15) is 23.1 Å². The van der Waals surface area contributed by atoms with E-state index in [4.69, 9.17) is 0 Å². The van der Waals surface area contributed by atoms with Crippen molar-refractivity contribution in [1.29, 1.82) is 0 Å². The first-order valence-corrected chi connectivity index (χ1v) is 16.8. The van der Waals surface area contributed by atoms with Crippen LogP contribution in [0.4, 0.5) is 10.5 Å². The van der Waals surface area contributed by atoms with Crippen molar-refractivity contribution in [2.24, 2.45) is 0 Å². The Morgan fingerprint density at radius 2 is 1.66 bits per heavy atom. The van der Waals surface area contributed by atoms with E-state index in [0.29, 0.717) is 31.7 Å². The number of amides is 4. The number of anilines is 1. The predicted octanol–water partition coefficient (Wildman–Crippen LogP) is 4.01. The van der Waals surface area contributed by atoms with Gasteiger partial charge in [-0.1, -0.05) is 91.9 Å². The van der Waals surface area contributed by atoms with E-state index in [1.165, 1.54) is 0 Å². The molecule has 0 radical (unpaired) electrons. The zero-order chi connectivity index (χ0) is 32.9. The van der Waals surface area contributed by atoms with Gasteiger partial charge >= 0.3 is 6.03 Å². The Labute approximate surface area is 276 Å². The molecule has 0 bridgehead atoms. The minimum absolute atomic E-state index is 0.0342. The van der Waals surface area contributed by atoms with Gasteiger partial charge in [-0.15, -0.1) is 0 Å². The fraction of sp³-hybridized carbons (Fsp3) is 0.286. The first kappa shape index (κ1) is 32.2. The number of urea groups is 1. The minimum atomic E-state index is -2.46. The molecule has 2 N–H and O–H groups in total. The summed E-state index contributed by atoms with van der Waals surface area (Å²) in [6.45, 7) is 3.26. The lowest BCUT2D eigenvalue weighted by Crippen LogP contribution is -2.66. The second-order valence-electron chi connectivity index (χ2n) is 11.8. The van der Waals surface area contributed by atoms with Gasteiger partial charge in [-0.3, -0.25) is 18.8 Å². The minimum Gasteiger partial charge on any atom is -0.755 e. The Hall–Kier alpha value is -4.78. The lowest BCUT2D eigenvalue weighted by molar-refractivity contribution is -0.157. The Kier molecular flexibility index (Phi) is 9.81. The van der Waals surface area contributed by atoms with Crippen molar-refractivity contribution in [3.8, 4) is 0 Å². The second-order valence-corrected chi connectivity index (χ2v) is 12.4. The summed E-state index contributed by atoms with van der Waals surface area (Å²) >= 11 is -2.46. The summed E-state index contributed by atoms with van der Waals surface area (Å²) in [6.07, 6.45) is 0.348. The number of fused-ring (bicyclic) bond motifs is 2. The number of carbonyl (C=O) groups excluding carboxylic acids is 3. The van der Waals surface area contributed by atoms with Crippen molar-refractivity contribution >= 4 is 45.6 Å². The molecule has 11 nitrogen and oxygen atoms in total. The van der Waals surface area contributed by atoms with E-state index >= 15 is 0 Å². The maximum absolute atomic E-state index is 14.3. The molecule has 47 heavy (non-hydrogen) atoms. The number of benzene rings is 4. The molecule has 2 aliphatic rings. The summed E-state index contributed by atoms with van der Waals surface area (Å²) in [5.74, 6) is -0.405. The van der Waals surface area contributed by atoms with E-state index in [1.54, 1.807) is 44.1 Å². The van der Waals surface area contributed by atoms with Crippen molar-refractivity contribution < 1.29 is 23.1 Å². The smallest absolute Gasteiger partial charge is 0.332 e. The van der Waals surface area contributed by atoms with Gasteiger partial charge in [-0.2, -0.15) is 5.01 Å². The SMILES string of the molecule is CCCN(C(=O)NCc1ccccc1)N1CC(=O)N2[C@@H](Cc3ccc(NS(=O)[O-])cc3)C(=O)N(Cc3cccc4ccccc34)C[C@@H]21. The van der Waals surface area contributed by atoms with Gasteiger partial charge in [0.15, 0.2) is 0 Å². The standard InChI is InChI=1S/C35H38N6O5S/c1-2-19-39(35(44)36-21-26-9-4-3-5-10-26)40-24-33(42)41-31(20-25-15-17-29(18-16-25)37-47(45)46)34(43)38(23-32(40)41)22-28-13-8-12-27-11-6-7-14-30(27)28/h3-18,31-32,37H,2,19-24H2,1H3,(H,36,44)(H,45,46)/p-1/t31-,32+/m0/s1. The third-order valence-electron chi connectivity index (χ3n) is 8.66. The first-order valence-electron chi connectivity index (χ1n) is 15.7. The Morgan fingerprint density at radius 1 is 0.936 bits per heavy atom. The number of nitrogens with zero attached hydrogens (tertiary/aromatic N) is 4. The van der Waals surface area contributed by atoms with Gasteiger partial charge in [-0.25, -0.2) is 4.79 Å². The molecule has 4 aromatic carbocycles. The molecule has 0 saturated carbocycles. The Bertz CT molecular complexity index is 1770. The lowest BCUT2D eigenvalue weighted by atomic mass is 9.99. The molecular formula is C35H37N6O5S-. The summed E-state index contributed by atoms with van der Waals surface area (Å²) in [6, 6.07) is 29.3. The zero-order valence-electron chi connectivity index (χ0n) is 26.1. The number of carbonyl (C=O) groups is 3. The highest BCUT2D eigenvalue weighted by Crippen LogP contribution is 2.31. The maximum atomic E-state index is 14.3. The summed E-state index contributed by atoms with van der Waals surface area (Å²) in [4.78, 5) is 45.1. The topological polar surface area (TPSA) is 128 Å². The van der Waals surface area contributed by atoms with E-state index in [0.717, 1.165) is 27.5 Å². The highest BCUT2D eigenvalue weighted by molar-refractivity contribution is 7.80. The molecule has 6 rings (SSSR count). The van der Waals surface area contributed by atoms with Gasteiger partial charge in [0.1, 0.15) is 12.2 Å². The van der Waals surface area contributed by atoms with E-state index < -0.39 is 23.5 Å². The molecule has 3 atom stereocenters. The third kappa shape index (κ3) is 7.14. The van der Waals surface area contributed by atoms with Crippen molar-refractivity contribution in [3.05, 3.63) is 114 Å². The molecule has 1 unspecified atom stereocenters. The number of hydrogen-bond donors (Lipinski definition) is 2. The van der Waals surface area contributed by atoms with Crippen molar-refractivity contribution in [2.45, 2.75) is 45.1 Å². The highest BCUT2D eigenvalue weighted by Gasteiger charge is 2.52. The maximum Gasteiger partial charge on any atom is 0.332 e. The fourth-order valence-corrected chi connectivity index (χ4v) is 6.81. The molecule has 12 heteroatoms. The van der Waals surface area contributed by atoms with Crippen LogP contribution in [-0.2, 0) is 40.4 Å². The molecule has 0 aromatic heterocycles. The summed E-state index contributed by atoms with van der Waals surface area (Å²) in [7, 11) is 0. The quantitative estimate of drug-likeness (QED) is 0.236. The first-order chi connectivity index (χ1) is 22.8. The van der Waals surface area contributed by atoms with E-state index in [2.05, 4.69) is 10.0 Å². The van der Waals surface area contributed by atoms with Crippen molar-refractivity contribution in [1.82, 2.24) is 25.1 Å². The van der Waals surface area contributed by atoms with Crippen LogP contribution in [0.25, 0.3) is 10.8 Å². The van der Waals surface area contributed by atoms with Crippen LogP contribution in [0.3, 0.4) is 0 Å². The summed E-state index contributed by atoms with van der Waals surface area (Å²) in [5.41, 5.74) is 3.12.